The van der Waals surface area contributed by atoms with Gasteiger partial charge in [0.2, 0.25) is 0 Å². The van der Waals surface area contributed by atoms with Crippen LogP contribution in [0.25, 0.3) is 0 Å². The van der Waals surface area contributed by atoms with E-state index in [1.165, 1.54) is 5.56 Å². The van der Waals surface area contributed by atoms with E-state index in [1.807, 2.05) is 7.11 Å². The zero-order valence-electron chi connectivity index (χ0n) is 17.6. The number of ether oxygens (including phenoxy) is 4. The molecule has 0 aromatic heterocycles. The summed E-state index contributed by atoms with van der Waals surface area (Å²) in [4.78, 5) is 0. The second-order valence-corrected chi connectivity index (χ2v) is 11.1. The lowest BCUT2D eigenvalue weighted by Crippen LogP contribution is -2.41. The largest absolute Gasteiger partial charge is 0.420 e. The van der Waals surface area contributed by atoms with Gasteiger partial charge in [0, 0.05) is 26.4 Å². The van der Waals surface area contributed by atoms with Crippen molar-refractivity contribution in [2.75, 3.05) is 60.5 Å². The molecule has 6 heteroatoms. The van der Waals surface area contributed by atoms with E-state index in [0.717, 1.165) is 25.5 Å². The molecule has 0 aliphatic heterocycles. The predicted octanol–water partition coefficient (Wildman–Crippen LogP) is 4.03. The maximum Gasteiger partial charge on any atom is 0.196 e. The van der Waals surface area contributed by atoms with Crippen LogP contribution in [0.5, 0.6) is 0 Å². The highest BCUT2D eigenvalue weighted by atomic mass is 28.4. The Morgan fingerprint density at radius 3 is 1.89 bits per heavy atom. The van der Waals surface area contributed by atoms with E-state index in [2.05, 4.69) is 43.8 Å². The lowest BCUT2D eigenvalue weighted by molar-refractivity contribution is 0.00369. The van der Waals surface area contributed by atoms with Crippen LogP contribution < -0.4 is 0 Å². The molecule has 0 spiro atoms. The predicted molar refractivity (Wildman–Crippen MR) is 112 cm³/mol. The first-order valence-electron chi connectivity index (χ1n) is 10.00. The highest BCUT2D eigenvalue weighted by Gasteiger charge is 2.37. The Labute approximate surface area is 166 Å². The summed E-state index contributed by atoms with van der Waals surface area (Å²) in [5.41, 5.74) is 1.92. The fraction of sp³-hybridized carbons (Fsp3) is 0.714. The van der Waals surface area contributed by atoms with Crippen molar-refractivity contribution < 1.29 is 23.4 Å². The Kier molecular flexibility index (Phi) is 13.7. The molecule has 0 N–H and O–H groups in total. The first kappa shape index (κ1) is 24.3. The number of rotatable bonds is 17. The average molecular weight is 399 g/mol. The summed E-state index contributed by atoms with van der Waals surface area (Å²) in [7, 11) is 1.71. The molecular formula is C21H38O5Si. The molecule has 1 aromatic carbocycles. The van der Waals surface area contributed by atoms with E-state index in [-0.39, 0.29) is 0 Å². The number of methoxy groups -OCH3 is 1. The van der Waals surface area contributed by atoms with Crippen LogP contribution in [0, 0.1) is 0 Å². The van der Waals surface area contributed by atoms with Gasteiger partial charge in [-0.05, 0) is 31.0 Å². The SMILES string of the molecule is CCC(c1ccccc1)[Si](C)(CCCOCCOCCOCCOC)OC. The zero-order chi connectivity index (χ0) is 19.8. The first-order valence-corrected chi connectivity index (χ1v) is 12.7. The normalized spacial score (nSPS) is 14.8. The third kappa shape index (κ3) is 9.83. The molecule has 0 saturated heterocycles. The number of benzene rings is 1. The van der Waals surface area contributed by atoms with Crippen LogP contribution in [0.3, 0.4) is 0 Å². The Bertz CT molecular complexity index is 459. The average Bonchev–Trinajstić information content (AvgIpc) is 2.70. The summed E-state index contributed by atoms with van der Waals surface area (Å²) in [5, 5.41) is 0. The van der Waals surface area contributed by atoms with Gasteiger partial charge in [0.05, 0.1) is 39.6 Å². The summed E-state index contributed by atoms with van der Waals surface area (Å²) >= 11 is 0. The molecule has 0 aliphatic rings. The fourth-order valence-corrected chi connectivity index (χ4v) is 6.78. The van der Waals surface area contributed by atoms with E-state index in [1.54, 1.807) is 7.11 Å². The Morgan fingerprint density at radius 1 is 0.815 bits per heavy atom. The molecule has 2 unspecified atom stereocenters. The van der Waals surface area contributed by atoms with E-state index < -0.39 is 8.32 Å². The first-order chi connectivity index (χ1) is 13.2. The quantitative estimate of drug-likeness (QED) is 0.293. The van der Waals surface area contributed by atoms with Gasteiger partial charge in [0.15, 0.2) is 8.32 Å². The molecule has 2 atom stereocenters. The monoisotopic (exact) mass is 398 g/mol. The molecule has 156 valence electrons. The van der Waals surface area contributed by atoms with E-state index in [0.29, 0.717) is 45.2 Å². The third-order valence-electron chi connectivity index (χ3n) is 4.95. The van der Waals surface area contributed by atoms with Crippen molar-refractivity contribution >= 4 is 8.32 Å². The van der Waals surface area contributed by atoms with Gasteiger partial charge in [-0.15, -0.1) is 0 Å². The van der Waals surface area contributed by atoms with Gasteiger partial charge in [-0.2, -0.15) is 0 Å². The second kappa shape index (κ2) is 15.2. The van der Waals surface area contributed by atoms with Gasteiger partial charge in [-0.25, -0.2) is 0 Å². The van der Waals surface area contributed by atoms with Gasteiger partial charge < -0.3 is 23.4 Å². The third-order valence-corrected chi connectivity index (χ3v) is 9.45. The van der Waals surface area contributed by atoms with E-state index in [4.69, 9.17) is 23.4 Å². The van der Waals surface area contributed by atoms with Crippen molar-refractivity contribution in [2.45, 2.75) is 37.9 Å². The van der Waals surface area contributed by atoms with Gasteiger partial charge in [-0.1, -0.05) is 37.3 Å². The topological polar surface area (TPSA) is 46.2 Å². The van der Waals surface area contributed by atoms with E-state index in [9.17, 15) is 0 Å². The van der Waals surface area contributed by atoms with Crippen LogP contribution in [0.15, 0.2) is 30.3 Å². The Balaban J connectivity index is 2.17. The summed E-state index contributed by atoms with van der Waals surface area (Å²) in [6.07, 6.45) is 2.14. The summed E-state index contributed by atoms with van der Waals surface area (Å²) in [5.74, 6) is 0. The summed E-state index contributed by atoms with van der Waals surface area (Å²) in [6.45, 7) is 9.01. The van der Waals surface area contributed by atoms with Gasteiger partial charge in [0.25, 0.3) is 0 Å². The van der Waals surface area contributed by atoms with Crippen LogP contribution in [0.1, 0.15) is 30.9 Å². The maximum absolute atomic E-state index is 6.08. The molecule has 1 aromatic rings. The maximum atomic E-state index is 6.08. The smallest absolute Gasteiger partial charge is 0.196 e. The highest BCUT2D eigenvalue weighted by Crippen LogP contribution is 2.34. The molecule has 0 heterocycles. The molecule has 0 radical (unpaired) electrons. The summed E-state index contributed by atoms with van der Waals surface area (Å²) < 4.78 is 27.5. The van der Waals surface area contributed by atoms with Gasteiger partial charge in [-0.3, -0.25) is 0 Å². The molecule has 1 rings (SSSR count). The Morgan fingerprint density at radius 2 is 1.37 bits per heavy atom. The van der Waals surface area contributed by atoms with Crippen LogP contribution in [0.4, 0.5) is 0 Å². The molecule has 0 amide bonds. The minimum absolute atomic E-state index is 0.519. The molecular weight excluding hydrogens is 360 g/mol. The van der Waals surface area contributed by atoms with Crippen molar-refractivity contribution in [1.82, 2.24) is 0 Å². The van der Waals surface area contributed by atoms with Crippen molar-refractivity contribution in [3.05, 3.63) is 35.9 Å². The molecule has 0 aliphatic carbocycles. The fourth-order valence-electron chi connectivity index (χ4n) is 3.33. The molecule has 27 heavy (non-hydrogen) atoms. The van der Waals surface area contributed by atoms with Crippen molar-refractivity contribution in [3.63, 3.8) is 0 Å². The van der Waals surface area contributed by atoms with Crippen LogP contribution in [-0.4, -0.2) is 68.8 Å². The van der Waals surface area contributed by atoms with E-state index >= 15 is 0 Å². The standard InChI is InChI=1S/C21H38O5Si/c1-5-21(20-10-7-6-8-11-20)27(4,23-3)19-9-12-24-15-16-26-18-17-25-14-13-22-2/h6-8,10-11,21H,5,9,12-19H2,1-4H3. The lowest BCUT2D eigenvalue weighted by Gasteiger charge is -2.34. The lowest BCUT2D eigenvalue weighted by atomic mass is 10.1. The van der Waals surface area contributed by atoms with Crippen molar-refractivity contribution in [1.29, 1.82) is 0 Å². The molecule has 0 saturated carbocycles. The molecule has 0 fully saturated rings. The summed E-state index contributed by atoms with van der Waals surface area (Å²) in [6, 6.07) is 11.9. The second-order valence-electron chi connectivity index (χ2n) is 6.82. The minimum Gasteiger partial charge on any atom is -0.420 e. The van der Waals surface area contributed by atoms with Crippen LogP contribution >= 0.6 is 0 Å². The number of hydrogen-bond acceptors (Lipinski definition) is 5. The van der Waals surface area contributed by atoms with Gasteiger partial charge >= 0.3 is 0 Å². The van der Waals surface area contributed by atoms with Crippen molar-refractivity contribution in [3.8, 4) is 0 Å². The molecule has 5 nitrogen and oxygen atoms in total. The number of hydrogen-bond donors (Lipinski definition) is 0. The van der Waals surface area contributed by atoms with Gasteiger partial charge in [0.1, 0.15) is 0 Å². The van der Waals surface area contributed by atoms with Crippen molar-refractivity contribution in [2.24, 2.45) is 0 Å². The minimum atomic E-state index is -1.83. The highest BCUT2D eigenvalue weighted by molar-refractivity contribution is 6.73. The van der Waals surface area contributed by atoms with Crippen LogP contribution in [0.2, 0.25) is 12.6 Å². The van der Waals surface area contributed by atoms with Crippen LogP contribution in [-0.2, 0) is 23.4 Å². The zero-order valence-corrected chi connectivity index (χ0v) is 18.6. The Hall–Kier alpha value is -0.763. The molecule has 0 bridgehead atoms.